The molecule has 1 aliphatic rings. The van der Waals surface area contributed by atoms with Crippen molar-refractivity contribution in [3.8, 4) is 0 Å². The maximum atomic E-state index is 12.1. The van der Waals surface area contributed by atoms with Crippen LogP contribution in [0, 0.1) is 0 Å². The van der Waals surface area contributed by atoms with Crippen molar-refractivity contribution in [2.45, 2.75) is 38.5 Å². The van der Waals surface area contributed by atoms with Gasteiger partial charge in [-0.3, -0.25) is 9.48 Å². The molecule has 6 nitrogen and oxygen atoms in total. The molecule has 1 atom stereocenters. The van der Waals surface area contributed by atoms with Crippen molar-refractivity contribution in [3.63, 3.8) is 0 Å². The fourth-order valence-electron chi connectivity index (χ4n) is 2.94. The summed E-state index contributed by atoms with van der Waals surface area (Å²) in [6.45, 7) is 6.25. The number of fused-ring (bicyclic) bond motifs is 1. The number of nitrogens with zero attached hydrogens (tertiary/aromatic N) is 2. The van der Waals surface area contributed by atoms with E-state index in [0.29, 0.717) is 12.2 Å². The van der Waals surface area contributed by atoms with Crippen molar-refractivity contribution in [2.24, 2.45) is 7.05 Å². The molecule has 0 aliphatic carbocycles. The number of carbonyl (C=O) groups is 2. The first-order valence-electron chi connectivity index (χ1n) is 7.38. The lowest BCUT2D eigenvalue weighted by atomic mass is 9.82. The monoisotopic (exact) mass is 333 g/mol. The number of thiophene rings is 1. The van der Waals surface area contributed by atoms with Crippen LogP contribution in [0.15, 0.2) is 12.1 Å². The second-order valence-corrected chi connectivity index (χ2v) is 7.91. The maximum Gasteiger partial charge on any atom is 0.345 e. The van der Waals surface area contributed by atoms with E-state index in [0.717, 1.165) is 16.1 Å². The minimum absolute atomic E-state index is 0.0729. The first kappa shape index (κ1) is 15.7. The predicted molar refractivity (Wildman–Crippen MR) is 88.3 cm³/mol. The highest BCUT2D eigenvalue weighted by Crippen LogP contribution is 2.44. The normalized spacial score (nSPS) is 17.7. The van der Waals surface area contributed by atoms with Crippen LogP contribution in [0.5, 0.6) is 0 Å². The molecule has 0 saturated carbocycles. The molecule has 2 aromatic rings. The summed E-state index contributed by atoms with van der Waals surface area (Å²) in [7, 11) is 1.81. The average molecular weight is 333 g/mol. The molecule has 0 radical (unpaired) electrons. The van der Waals surface area contributed by atoms with E-state index >= 15 is 0 Å². The van der Waals surface area contributed by atoms with Crippen LogP contribution in [-0.2, 0) is 17.3 Å². The number of carboxylic acid groups (broad SMARTS) is 1. The molecule has 1 amide bonds. The zero-order chi connectivity index (χ0) is 16.9. The fraction of sp³-hybridized carbons (Fsp3) is 0.438. The topological polar surface area (TPSA) is 84.2 Å². The van der Waals surface area contributed by atoms with Gasteiger partial charge in [-0.2, -0.15) is 5.10 Å². The summed E-state index contributed by atoms with van der Waals surface area (Å²) in [6.07, 6.45) is 0.307. The zero-order valence-corrected chi connectivity index (χ0v) is 14.3. The number of carboxylic acids is 1. The zero-order valence-electron chi connectivity index (χ0n) is 13.5. The van der Waals surface area contributed by atoms with Crippen molar-refractivity contribution in [3.05, 3.63) is 33.1 Å². The molecule has 2 N–H and O–H groups in total. The number of aromatic nitrogens is 2. The van der Waals surface area contributed by atoms with Crippen molar-refractivity contribution < 1.29 is 14.7 Å². The van der Waals surface area contributed by atoms with E-state index in [1.54, 1.807) is 16.8 Å². The van der Waals surface area contributed by atoms with E-state index in [1.165, 1.54) is 11.3 Å². The van der Waals surface area contributed by atoms with E-state index in [-0.39, 0.29) is 22.1 Å². The second-order valence-electron chi connectivity index (χ2n) is 6.80. The summed E-state index contributed by atoms with van der Waals surface area (Å²) >= 11 is 1.23. The molecule has 7 heteroatoms. The molecule has 0 unspecified atom stereocenters. The number of rotatable bonds is 2. The molecular formula is C16H19N3O3S. The molecule has 0 aromatic carbocycles. The van der Waals surface area contributed by atoms with Crippen LogP contribution in [0.4, 0.5) is 5.82 Å². The number of nitrogens with one attached hydrogen (secondary N) is 1. The Hall–Kier alpha value is -2.15. The van der Waals surface area contributed by atoms with Gasteiger partial charge in [-0.15, -0.1) is 11.3 Å². The van der Waals surface area contributed by atoms with Crippen molar-refractivity contribution in [1.29, 1.82) is 0 Å². The Labute approximate surface area is 138 Å². The summed E-state index contributed by atoms with van der Waals surface area (Å²) in [5, 5.41) is 16.7. The summed E-state index contributed by atoms with van der Waals surface area (Å²) in [6, 6.07) is 3.41. The Kier molecular flexibility index (Phi) is 3.55. The number of aryl methyl sites for hydroxylation is 1. The molecule has 122 valence electrons. The quantitative estimate of drug-likeness (QED) is 0.885. The highest BCUT2D eigenvalue weighted by atomic mass is 32.1. The fourth-order valence-corrected chi connectivity index (χ4v) is 3.90. The van der Waals surface area contributed by atoms with Gasteiger partial charge in [0.25, 0.3) is 0 Å². The predicted octanol–water partition coefficient (Wildman–Crippen LogP) is 2.95. The largest absolute Gasteiger partial charge is 0.477 e. The molecule has 0 spiro atoms. The van der Waals surface area contributed by atoms with Gasteiger partial charge in [0, 0.05) is 35.2 Å². The van der Waals surface area contributed by atoms with Gasteiger partial charge >= 0.3 is 5.97 Å². The van der Waals surface area contributed by atoms with Gasteiger partial charge in [0.2, 0.25) is 5.91 Å². The minimum Gasteiger partial charge on any atom is -0.477 e. The van der Waals surface area contributed by atoms with Gasteiger partial charge in [-0.05, 0) is 12.1 Å². The number of amides is 1. The summed E-state index contributed by atoms with van der Waals surface area (Å²) in [4.78, 5) is 24.4. The molecular weight excluding hydrogens is 314 g/mol. The lowest BCUT2D eigenvalue weighted by molar-refractivity contribution is -0.116. The summed E-state index contributed by atoms with van der Waals surface area (Å²) in [5.74, 6) is -0.457. The van der Waals surface area contributed by atoms with Crippen LogP contribution < -0.4 is 5.32 Å². The van der Waals surface area contributed by atoms with Gasteiger partial charge in [-0.25, -0.2) is 4.79 Å². The first-order valence-corrected chi connectivity index (χ1v) is 8.20. The number of hydrogen-bond donors (Lipinski definition) is 2. The maximum absolute atomic E-state index is 12.1. The van der Waals surface area contributed by atoms with Gasteiger partial charge in [0.1, 0.15) is 10.7 Å². The Morgan fingerprint density at radius 3 is 2.70 bits per heavy atom. The molecule has 23 heavy (non-hydrogen) atoms. The lowest BCUT2D eigenvalue weighted by Gasteiger charge is -2.26. The van der Waals surface area contributed by atoms with Crippen LogP contribution in [-0.4, -0.2) is 26.8 Å². The molecule has 0 bridgehead atoms. The molecule has 1 aliphatic heterocycles. The molecule has 0 fully saturated rings. The standard InChI is InChI=1S/C16H19N3O3S/c1-16(2,3)13-12-8(9-5-6-10(23-9)15(21)22)7-11(20)17-14(12)19(4)18-13/h5-6,8H,7H2,1-4H3,(H,17,20)(H,21,22)/t8-/m1/s1. The Morgan fingerprint density at radius 2 is 2.13 bits per heavy atom. The third-order valence-corrected chi connectivity index (χ3v) is 5.16. The van der Waals surface area contributed by atoms with E-state index in [1.807, 2.05) is 7.05 Å². The molecule has 0 saturated heterocycles. The van der Waals surface area contributed by atoms with E-state index in [4.69, 9.17) is 5.11 Å². The highest BCUT2D eigenvalue weighted by molar-refractivity contribution is 7.14. The second kappa shape index (κ2) is 5.19. The average Bonchev–Trinajstić information content (AvgIpc) is 3.03. The van der Waals surface area contributed by atoms with Crippen LogP contribution >= 0.6 is 11.3 Å². The minimum atomic E-state index is -0.941. The number of hydrogen-bond acceptors (Lipinski definition) is 4. The van der Waals surface area contributed by atoms with Crippen LogP contribution in [0.2, 0.25) is 0 Å². The molecule has 3 heterocycles. The SMILES string of the molecule is Cn1nc(C(C)(C)C)c2c1NC(=O)C[C@@H]2c1ccc(C(=O)O)s1. The van der Waals surface area contributed by atoms with Gasteiger partial charge in [0.15, 0.2) is 0 Å². The first-order chi connectivity index (χ1) is 10.7. The molecule has 3 rings (SSSR count). The Bertz CT molecular complexity index is 798. The summed E-state index contributed by atoms with van der Waals surface area (Å²) in [5.41, 5.74) is 1.77. The highest BCUT2D eigenvalue weighted by Gasteiger charge is 2.37. The number of carbonyl (C=O) groups excluding carboxylic acids is 1. The Morgan fingerprint density at radius 1 is 1.43 bits per heavy atom. The third kappa shape index (κ3) is 2.65. The lowest BCUT2D eigenvalue weighted by Crippen LogP contribution is -2.26. The van der Waals surface area contributed by atoms with E-state index in [2.05, 4.69) is 31.2 Å². The Balaban J connectivity index is 2.17. The molecule has 2 aromatic heterocycles. The van der Waals surface area contributed by atoms with Gasteiger partial charge < -0.3 is 10.4 Å². The van der Waals surface area contributed by atoms with Crippen molar-refractivity contribution in [1.82, 2.24) is 9.78 Å². The van der Waals surface area contributed by atoms with Gasteiger partial charge in [-0.1, -0.05) is 20.8 Å². The van der Waals surface area contributed by atoms with Crippen molar-refractivity contribution in [2.75, 3.05) is 5.32 Å². The third-order valence-electron chi connectivity index (χ3n) is 3.97. The summed E-state index contributed by atoms with van der Waals surface area (Å²) < 4.78 is 1.70. The van der Waals surface area contributed by atoms with Crippen LogP contribution in [0.25, 0.3) is 0 Å². The van der Waals surface area contributed by atoms with Crippen LogP contribution in [0.3, 0.4) is 0 Å². The van der Waals surface area contributed by atoms with Gasteiger partial charge in [0.05, 0.1) is 5.69 Å². The van der Waals surface area contributed by atoms with Crippen molar-refractivity contribution >= 4 is 29.0 Å². The number of anilines is 1. The van der Waals surface area contributed by atoms with E-state index < -0.39 is 5.97 Å². The smallest absolute Gasteiger partial charge is 0.345 e. The van der Waals surface area contributed by atoms with Crippen LogP contribution in [0.1, 0.15) is 58.9 Å². The number of aromatic carboxylic acids is 1. The van der Waals surface area contributed by atoms with E-state index in [9.17, 15) is 9.59 Å².